The molecule has 2 aromatic carbocycles. The number of aromatic amines is 1. The lowest BCUT2D eigenvalue weighted by Crippen LogP contribution is -2.35. The summed E-state index contributed by atoms with van der Waals surface area (Å²) in [6, 6.07) is 12.6. The number of nitrogens with one attached hydrogen (secondary N) is 2. The van der Waals surface area contributed by atoms with E-state index in [1.165, 1.54) is 24.3 Å². The zero-order valence-corrected chi connectivity index (χ0v) is 16.3. The number of rotatable bonds is 4. The average molecular weight is 417 g/mol. The fraction of sp³-hybridized carbons (Fsp3) is 0.391. The Kier molecular flexibility index (Phi) is 4.73. The number of alkyl halides is 3. The number of H-pyrrole nitrogens is 1. The maximum atomic E-state index is 13.4. The minimum Gasteiger partial charge on any atom is -0.371 e. The van der Waals surface area contributed by atoms with Gasteiger partial charge in [0.25, 0.3) is 0 Å². The van der Waals surface area contributed by atoms with Crippen LogP contribution < -0.4 is 10.2 Å². The average Bonchev–Trinajstić information content (AvgIpc) is 3.39. The van der Waals surface area contributed by atoms with Gasteiger partial charge >= 0.3 is 6.18 Å². The Balaban J connectivity index is 1.25. The van der Waals surface area contributed by atoms with Crippen LogP contribution in [0.4, 0.5) is 23.2 Å². The molecule has 158 valence electrons. The Hall–Kier alpha value is -2.54. The first kappa shape index (κ1) is 19.4. The highest BCUT2D eigenvalue weighted by atomic mass is 19.4. The molecule has 0 radical (unpaired) electrons. The summed E-state index contributed by atoms with van der Waals surface area (Å²) in [5, 5.41) is 4.48. The van der Waals surface area contributed by atoms with Crippen LogP contribution >= 0.6 is 0 Å². The first-order valence-electron chi connectivity index (χ1n) is 10.3. The quantitative estimate of drug-likeness (QED) is 0.562. The van der Waals surface area contributed by atoms with E-state index in [1.807, 2.05) is 6.07 Å². The van der Waals surface area contributed by atoms with Gasteiger partial charge in [0.15, 0.2) is 0 Å². The number of hydrogen-bond donors (Lipinski definition) is 2. The standard InChI is InChI=1S/C23H23F4N3/c24-17-5-7-21-15(8-17)9-18(29-21)11-28-22-6-4-14-12-30(13-20(14)22)19-3-1-2-16(10-19)23(25,26)27/h1-3,5,7-10,14,20,22,28-29H,4,6,11-13H2. The van der Waals surface area contributed by atoms with Gasteiger partial charge in [-0.15, -0.1) is 0 Å². The Morgan fingerprint density at radius 3 is 2.73 bits per heavy atom. The lowest BCUT2D eigenvalue weighted by Gasteiger charge is -2.23. The van der Waals surface area contributed by atoms with Gasteiger partial charge < -0.3 is 15.2 Å². The third kappa shape index (κ3) is 3.67. The third-order valence-electron chi connectivity index (χ3n) is 6.59. The number of hydrogen-bond acceptors (Lipinski definition) is 2. The van der Waals surface area contributed by atoms with Crippen LogP contribution in [0.1, 0.15) is 24.1 Å². The van der Waals surface area contributed by atoms with E-state index in [2.05, 4.69) is 15.2 Å². The van der Waals surface area contributed by atoms with E-state index in [0.29, 0.717) is 30.1 Å². The van der Waals surface area contributed by atoms with Gasteiger partial charge in [-0.2, -0.15) is 13.2 Å². The largest absolute Gasteiger partial charge is 0.416 e. The molecule has 2 aliphatic rings. The molecule has 30 heavy (non-hydrogen) atoms. The van der Waals surface area contributed by atoms with Crippen molar-refractivity contribution in [2.75, 3.05) is 18.0 Å². The molecule has 2 N–H and O–H groups in total. The van der Waals surface area contributed by atoms with Gasteiger partial charge in [-0.3, -0.25) is 0 Å². The van der Waals surface area contributed by atoms with Gasteiger partial charge in [-0.1, -0.05) is 6.07 Å². The molecule has 1 saturated heterocycles. The van der Waals surface area contributed by atoms with Crippen molar-refractivity contribution in [3.05, 3.63) is 65.6 Å². The Bertz CT molecular complexity index is 1060. The maximum Gasteiger partial charge on any atom is 0.416 e. The number of benzene rings is 2. The van der Waals surface area contributed by atoms with E-state index < -0.39 is 11.7 Å². The van der Waals surface area contributed by atoms with Crippen molar-refractivity contribution in [1.82, 2.24) is 10.3 Å². The summed E-state index contributed by atoms with van der Waals surface area (Å²) in [5.41, 5.74) is 1.97. The van der Waals surface area contributed by atoms with Gasteiger partial charge in [0.1, 0.15) is 5.82 Å². The van der Waals surface area contributed by atoms with Crippen LogP contribution in [-0.4, -0.2) is 24.1 Å². The summed E-state index contributed by atoms with van der Waals surface area (Å²) in [6.07, 6.45) is -2.17. The van der Waals surface area contributed by atoms with Gasteiger partial charge in [-0.25, -0.2) is 4.39 Å². The molecule has 0 spiro atoms. The summed E-state index contributed by atoms with van der Waals surface area (Å²) in [7, 11) is 0. The van der Waals surface area contributed by atoms with E-state index in [9.17, 15) is 17.6 Å². The molecule has 2 fully saturated rings. The second-order valence-corrected chi connectivity index (χ2v) is 8.47. The molecular weight excluding hydrogens is 394 g/mol. The number of nitrogens with zero attached hydrogens (tertiary/aromatic N) is 1. The number of fused-ring (bicyclic) bond motifs is 2. The minimum atomic E-state index is -4.32. The summed E-state index contributed by atoms with van der Waals surface area (Å²) in [5.74, 6) is 0.663. The highest BCUT2D eigenvalue weighted by molar-refractivity contribution is 5.80. The SMILES string of the molecule is Fc1ccc2[nH]c(CNC3CCC4CN(c5cccc(C(F)(F)F)c5)CC43)cc2c1. The third-order valence-corrected chi connectivity index (χ3v) is 6.59. The Morgan fingerprint density at radius 2 is 1.90 bits per heavy atom. The summed E-state index contributed by atoms with van der Waals surface area (Å²) >= 11 is 0. The molecule has 0 amide bonds. The predicted octanol–water partition coefficient (Wildman–Crippen LogP) is 5.33. The van der Waals surface area contributed by atoms with Crippen LogP contribution in [-0.2, 0) is 12.7 Å². The zero-order valence-electron chi connectivity index (χ0n) is 16.3. The van der Waals surface area contributed by atoms with Gasteiger partial charge in [-0.05, 0) is 67.1 Å². The molecule has 3 atom stereocenters. The molecule has 2 heterocycles. The van der Waals surface area contributed by atoms with E-state index in [1.54, 1.807) is 12.1 Å². The highest BCUT2D eigenvalue weighted by Crippen LogP contribution is 2.41. The monoisotopic (exact) mass is 417 g/mol. The van der Waals surface area contributed by atoms with E-state index in [4.69, 9.17) is 0 Å². The number of anilines is 1. The second kappa shape index (κ2) is 7.30. The van der Waals surface area contributed by atoms with Crippen LogP contribution in [0.5, 0.6) is 0 Å². The zero-order chi connectivity index (χ0) is 20.9. The summed E-state index contributed by atoms with van der Waals surface area (Å²) < 4.78 is 52.6. The number of halogens is 4. The van der Waals surface area contributed by atoms with Crippen LogP contribution in [0.2, 0.25) is 0 Å². The second-order valence-electron chi connectivity index (χ2n) is 8.47. The Morgan fingerprint density at radius 1 is 1.03 bits per heavy atom. The lowest BCUT2D eigenvalue weighted by molar-refractivity contribution is -0.137. The summed E-state index contributed by atoms with van der Waals surface area (Å²) in [4.78, 5) is 5.40. The van der Waals surface area contributed by atoms with Crippen molar-refractivity contribution in [2.45, 2.75) is 31.6 Å². The molecule has 1 saturated carbocycles. The molecule has 0 bridgehead atoms. The fourth-order valence-corrected chi connectivity index (χ4v) is 5.11. The highest BCUT2D eigenvalue weighted by Gasteiger charge is 2.42. The van der Waals surface area contributed by atoms with Crippen molar-refractivity contribution in [3.8, 4) is 0 Å². The topological polar surface area (TPSA) is 31.1 Å². The van der Waals surface area contributed by atoms with Crippen molar-refractivity contribution in [3.63, 3.8) is 0 Å². The van der Waals surface area contributed by atoms with Gasteiger partial charge in [0.05, 0.1) is 5.56 Å². The molecule has 3 aromatic rings. The van der Waals surface area contributed by atoms with Crippen molar-refractivity contribution in [2.24, 2.45) is 11.8 Å². The first-order chi connectivity index (χ1) is 14.4. The minimum absolute atomic E-state index is 0.250. The molecule has 3 nitrogen and oxygen atoms in total. The number of aromatic nitrogens is 1. The maximum absolute atomic E-state index is 13.4. The first-order valence-corrected chi connectivity index (χ1v) is 10.3. The van der Waals surface area contributed by atoms with Crippen molar-refractivity contribution >= 4 is 16.6 Å². The molecular formula is C23H23F4N3. The summed E-state index contributed by atoms with van der Waals surface area (Å²) in [6.45, 7) is 2.23. The smallest absolute Gasteiger partial charge is 0.371 e. The van der Waals surface area contributed by atoms with E-state index in [0.717, 1.165) is 48.6 Å². The molecule has 1 aromatic heterocycles. The normalized spacial score (nSPS) is 24.0. The van der Waals surface area contributed by atoms with Crippen molar-refractivity contribution < 1.29 is 17.6 Å². The van der Waals surface area contributed by atoms with Crippen LogP contribution in [0.3, 0.4) is 0 Å². The molecule has 5 rings (SSSR count). The molecule has 1 aliphatic heterocycles. The van der Waals surface area contributed by atoms with E-state index in [-0.39, 0.29) is 5.82 Å². The Labute approximate surface area is 172 Å². The molecule has 3 unspecified atom stereocenters. The predicted molar refractivity (Wildman–Crippen MR) is 109 cm³/mol. The molecule has 1 aliphatic carbocycles. The fourth-order valence-electron chi connectivity index (χ4n) is 5.11. The van der Waals surface area contributed by atoms with Crippen LogP contribution in [0.25, 0.3) is 10.9 Å². The van der Waals surface area contributed by atoms with Crippen LogP contribution in [0, 0.1) is 17.7 Å². The lowest BCUT2D eigenvalue weighted by atomic mass is 9.98. The van der Waals surface area contributed by atoms with E-state index >= 15 is 0 Å². The molecule has 7 heteroatoms. The van der Waals surface area contributed by atoms with Crippen molar-refractivity contribution in [1.29, 1.82) is 0 Å². The van der Waals surface area contributed by atoms with Gasteiger partial charge in [0, 0.05) is 48.0 Å². The van der Waals surface area contributed by atoms with Gasteiger partial charge in [0.2, 0.25) is 0 Å². The van der Waals surface area contributed by atoms with Crippen LogP contribution in [0.15, 0.2) is 48.5 Å².